The Morgan fingerprint density at radius 1 is 1.42 bits per heavy atom. The molecule has 19 heavy (non-hydrogen) atoms. The molecule has 1 amide bonds. The number of hydrogen-bond donors (Lipinski definition) is 3. The van der Waals surface area contributed by atoms with Crippen molar-refractivity contribution in [1.29, 1.82) is 0 Å². The largest absolute Gasteiger partial charge is 0.480 e. The van der Waals surface area contributed by atoms with Crippen LogP contribution in [0.3, 0.4) is 0 Å². The molecule has 0 fully saturated rings. The van der Waals surface area contributed by atoms with Gasteiger partial charge in [-0.1, -0.05) is 6.07 Å². The molecule has 106 valence electrons. The average molecular weight is 287 g/mol. The van der Waals surface area contributed by atoms with Gasteiger partial charge in [0.1, 0.15) is 11.7 Å². The van der Waals surface area contributed by atoms with E-state index in [1.807, 2.05) is 0 Å². The highest BCUT2D eigenvalue weighted by Crippen LogP contribution is 2.22. The van der Waals surface area contributed by atoms with E-state index >= 15 is 0 Å². The lowest BCUT2D eigenvalue weighted by atomic mass is 10.1. The van der Waals surface area contributed by atoms with Crippen LogP contribution in [-0.4, -0.2) is 33.9 Å². The number of rotatable bonds is 4. The second-order valence-corrected chi connectivity index (χ2v) is 5.90. The predicted molar refractivity (Wildman–Crippen MR) is 70.1 cm³/mol. The number of aliphatic hydroxyl groups excluding tert-OH is 1. The Morgan fingerprint density at radius 3 is 2.47 bits per heavy atom. The summed E-state index contributed by atoms with van der Waals surface area (Å²) < 4.78 is 4.96. The first-order chi connectivity index (χ1) is 8.70. The summed E-state index contributed by atoms with van der Waals surface area (Å²) in [5.41, 5.74) is -0.735. The highest BCUT2D eigenvalue weighted by atomic mass is 32.1. The van der Waals surface area contributed by atoms with Crippen molar-refractivity contribution in [1.82, 2.24) is 5.32 Å². The Bertz CT molecular complexity index is 437. The van der Waals surface area contributed by atoms with E-state index in [4.69, 9.17) is 9.84 Å². The Labute approximate surface area is 115 Å². The molecule has 1 rings (SSSR count). The molecule has 0 aromatic carbocycles. The van der Waals surface area contributed by atoms with Gasteiger partial charge in [0.05, 0.1) is 0 Å². The van der Waals surface area contributed by atoms with E-state index in [0.29, 0.717) is 4.88 Å². The number of hydrogen-bond acceptors (Lipinski definition) is 5. The zero-order chi connectivity index (χ0) is 14.6. The fourth-order valence-electron chi connectivity index (χ4n) is 1.33. The van der Waals surface area contributed by atoms with Gasteiger partial charge in [-0.3, -0.25) is 0 Å². The van der Waals surface area contributed by atoms with E-state index < -0.39 is 29.8 Å². The van der Waals surface area contributed by atoms with Crippen LogP contribution in [0, 0.1) is 0 Å². The standard InChI is InChI=1S/C12H17NO5S/c1-12(2,3)18-11(17)13-8(10(15)16)9(14)7-5-4-6-19-7/h4-6,8-9,14H,1-3H3,(H,13,17)(H,15,16)/t8-,9+/m0/s1. The highest BCUT2D eigenvalue weighted by Gasteiger charge is 2.31. The second kappa shape index (κ2) is 6.03. The third-order valence-corrected chi connectivity index (χ3v) is 3.03. The molecule has 6 nitrogen and oxygen atoms in total. The van der Waals surface area contributed by atoms with Gasteiger partial charge in [-0.15, -0.1) is 11.3 Å². The molecule has 1 heterocycles. The molecule has 1 aromatic rings. The highest BCUT2D eigenvalue weighted by molar-refractivity contribution is 7.10. The van der Waals surface area contributed by atoms with Crippen molar-refractivity contribution >= 4 is 23.4 Å². The van der Waals surface area contributed by atoms with E-state index in [-0.39, 0.29) is 0 Å². The maximum Gasteiger partial charge on any atom is 0.408 e. The van der Waals surface area contributed by atoms with Gasteiger partial charge in [0, 0.05) is 4.88 Å². The molecular weight excluding hydrogens is 270 g/mol. The van der Waals surface area contributed by atoms with Crippen LogP contribution in [-0.2, 0) is 9.53 Å². The van der Waals surface area contributed by atoms with Gasteiger partial charge in [0.25, 0.3) is 0 Å². The van der Waals surface area contributed by atoms with Gasteiger partial charge >= 0.3 is 12.1 Å². The molecule has 0 spiro atoms. The molecule has 0 saturated heterocycles. The number of aliphatic carboxylic acids is 1. The molecule has 0 aliphatic carbocycles. The molecular formula is C12H17NO5S. The zero-order valence-corrected chi connectivity index (χ0v) is 11.7. The number of aliphatic hydroxyl groups is 1. The van der Waals surface area contributed by atoms with Gasteiger partial charge in [-0.2, -0.15) is 0 Å². The van der Waals surface area contributed by atoms with Crippen LogP contribution in [0.5, 0.6) is 0 Å². The third-order valence-electron chi connectivity index (χ3n) is 2.09. The van der Waals surface area contributed by atoms with Crippen LogP contribution in [0.4, 0.5) is 4.79 Å². The summed E-state index contributed by atoms with van der Waals surface area (Å²) in [6.07, 6.45) is -2.19. The first-order valence-electron chi connectivity index (χ1n) is 5.64. The molecule has 0 bridgehead atoms. The number of ether oxygens (including phenoxy) is 1. The Balaban J connectivity index is 2.74. The number of carbonyl (C=O) groups excluding carboxylic acids is 1. The Kier molecular flexibility index (Phi) is 4.90. The number of nitrogens with one attached hydrogen (secondary N) is 1. The summed E-state index contributed by atoms with van der Waals surface area (Å²) in [5.74, 6) is -1.33. The van der Waals surface area contributed by atoms with Crippen molar-refractivity contribution in [3.05, 3.63) is 22.4 Å². The lowest BCUT2D eigenvalue weighted by molar-refractivity contribution is -0.142. The summed E-state index contributed by atoms with van der Waals surface area (Å²) in [6, 6.07) is 1.84. The van der Waals surface area contributed by atoms with Crippen molar-refractivity contribution in [2.45, 2.75) is 38.5 Å². The van der Waals surface area contributed by atoms with Gasteiger partial charge < -0.3 is 20.3 Å². The summed E-state index contributed by atoms with van der Waals surface area (Å²) in [6.45, 7) is 4.99. The number of alkyl carbamates (subject to hydrolysis) is 1. The quantitative estimate of drug-likeness (QED) is 0.784. The number of carboxylic acid groups (broad SMARTS) is 1. The van der Waals surface area contributed by atoms with Crippen molar-refractivity contribution in [2.75, 3.05) is 0 Å². The number of thiophene rings is 1. The summed E-state index contributed by atoms with van der Waals surface area (Å²) in [7, 11) is 0. The van der Waals surface area contributed by atoms with E-state index in [1.54, 1.807) is 38.3 Å². The summed E-state index contributed by atoms with van der Waals surface area (Å²) >= 11 is 1.21. The Hall–Kier alpha value is -1.60. The summed E-state index contributed by atoms with van der Waals surface area (Å²) in [4.78, 5) is 23.1. The average Bonchev–Trinajstić information content (AvgIpc) is 2.75. The lowest BCUT2D eigenvalue weighted by Crippen LogP contribution is -2.46. The van der Waals surface area contributed by atoms with Crippen LogP contribution in [0.2, 0.25) is 0 Å². The van der Waals surface area contributed by atoms with Crippen LogP contribution in [0.25, 0.3) is 0 Å². The monoisotopic (exact) mass is 287 g/mol. The normalized spacial score (nSPS) is 14.5. The van der Waals surface area contributed by atoms with Crippen LogP contribution >= 0.6 is 11.3 Å². The molecule has 0 saturated carbocycles. The molecule has 3 N–H and O–H groups in total. The maximum atomic E-state index is 11.5. The van der Waals surface area contributed by atoms with Gasteiger partial charge in [-0.05, 0) is 32.2 Å². The second-order valence-electron chi connectivity index (χ2n) is 4.92. The molecule has 0 aliphatic rings. The molecule has 2 atom stereocenters. The van der Waals surface area contributed by atoms with E-state index in [2.05, 4.69) is 5.32 Å². The van der Waals surface area contributed by atoms with E-state index in [0.717, 1.165) is 0 Å². The Morgan fingerprint density at radius 2 is 2.05 bits per heavy atom. The predicted octanol–water partition coefficient (Wildman–Crippen LogP) is 1.76. The minimum absolute atomic E-state index is 0.462. The first-order valence-corrected chi connectivity index (χ1v) is 6.52. The SMILES string of the molecule is CC(C)(C)OC(=O)N[C@H](C(=O)O)[C@H](O)c1cccs1. The first kappa shape index (κ1) is 15.5. The number of amides is 1. The zero-order valence-electron chi connectivity index (χ0n) is 10.9. The number of carbonyl (C=O) groups is 2. The van der Waals surface area contributed by atoms with Gasteiger partial charge in [0.2, 0.25) is 0 Å². The third kappa shape index (κ3) is 4.88. The lowest BCUT2D eigenvalue weighted by Gasteiger charge is -2.23. The van der Waals surface area contributed by atoms with Crippen LogP contribution in [0.1, 0.15) is 31.8 Å². The molecule has 1 aromatic heterocycles. The van der Waals surface area contributed by atoms with E-state index in [1.165, 1.54) is 11.3 Å². The van der Waals surface area contributed by atoms with Gasteiger partial charge in [-0.25, -0.2) is 9.59 Å². The minimum Gasteiger partial charge on any atom is -0.480 e. The van der Waals surface area contributed by atoms with Crippen molar-refractivity contribution < 1.29 is 24.5 Å². The van der Waals surface area contributed by atoms with Crippen molar-refractivity contribution in [2.24, 2.45) is 0 Å². The fourth-order valence-corrected chi connectivity index (χ4v) is 2.08. The van der Waals surface area contributed by atoms with Crippen molar-refractivity contribution in [3.63, 3.8) is 0 Å². The molecule has 0 unspecified atom stereocenters. The molecule has 0 aliphatic heterocycles. The van der Waals surface area contributed by atoms with Gasteiger partial charge in [0.15, 0.2) is 6.04 Å². The molecule has 0 radical (unpaired) electrons. The van der Waals surface area contributed by atoms with Crippen LogP contribution < -0.4 is 5.32 Å². The van der Waals surface area contributed by atoms with Crippen molar-refractivity contribution in [3.8, 4) is 0 Å². The fraction of sp³-hybridized carbons (Fsp3) is 0.500. The number of carboxylic acids is 1. The minimum atomic E-state index is -1.45. The molecule has 7 heteroatoms. The maximum absolute atomic E-state index is 11.5. The van der Waals surface area contributed by atoms with Crippen LogP contribution in [0.15, 0.2) is 17.5 Å². The van der Waals surface area contributed by atoms with E-state index in [9.17, 15) is 14.7 Å². The topological polar surface area (TPSA) is 95.9 Å². The smallest absolute Gasteiger partial charge is 0.408 e. The summed E-state index contributed by atoms with van der Waals surface area (Å²) in [5, 5.41) is 22.9.